The summed E-state index contributed by atoms with van der Waals surface area (Å²) >= 11 is 0. The molecule has 4 rings (SSSR count). The minimum atomic E-state index is -0.443. The van der Waals surface area contributed by atoms with Gasteiger partial charge in [0.2, 0.25) is 11.6 Å². The number of nitro groups is 1. The fraction of sp³-hybridized carbons (Fsp3) is 0.167. The third kappa shape index (κ3) is 3.04. The van der Waals surface area contributed by atoms with Gasteiger partial charge in [0.05, 0.1) is 4.92 Å². The van der Waals surface area contributed by atoms with E-state index in [1.165, 1.54) is 11.9 Å². The number of rotatable bonds is 4. The normalized spacial score (nSPS) is 13.2. The van der Waals surface area contributed by atoms with Gasteiger partial charge in [-0.2, -0.15) is 0 Å². The molecule has 1 N–H and O–H groups in total. The second-order valence-corrected chi connectivity index (χ2v) is 5.93. The average molecular weight is 348 g/mol. The predicted molar refractivity (Wildman–Crippen MR) is 97.4 cm³/mol. The summed E-state index contributed by atoms with van der Waals surface area (Å²) in [6, 6.07) is 13.4. The lowest BCUT2D eigenvalue weighted by Gasteiger charge is -2.29. The fourth-order valence-corrected chi connectivity index (χ4v) is 3.10. The lowest BCUT2D eigenvalue weighted by Crippen LogP contribution is -2.31. The fourth-order valence-electron chi connectivity index (χ4n) is 3.10. The van der Waals surface area contributed by atoms with Crippen LogP contribution in [0.5, 0.6) is 0 Å². The van der Waals surface area contributed by atoms with Crippen LogP contribution in [-0.4, -0.2) is 26.4 Å². The maximum atomic E-state index is 11.8. The largest absolute Gasteiger partial charge is 0.353 e. The van der Waals surface area contributed by atoms with E-state index in [1.807, 2.05) is 23.1 Å². The number of fused-ring (bicyclic) bond motifs is 1. The minimum Gasteiger partial charge on any atom is -0.346 e. The zero-order valence-electron chi connectivity index (χ0n) is 13.9. The van der Waals surface area contributed by atoms with Crippen molar-refractivity contribution in [3.05, 3.63) is 76.2 Å². The molecular formula is C18H16N6O2. The van der Waals surface area contributed by atoms with E-state index in [-0.39, 0.29) is 11.5 Å². The molecule has 0 atom stereocenters. The number of pyridine rings is 1. The van der Waals surface area contributed by atoms with Crippen molar-refractivity contribution in [3.8, 4) is 0 Å². The number of anilines is 3. The van der Waals surface area contributed by atoms with Gasteiger partial charge in [0.1, 0.15) is 12.1 Å². The molecule has 1 aliphatic heterocycles. The van der Waals surface area contributed by atoms with E-state index in [9.17, 15) is 10.1 Å². The number of hydrogen-bond acceptors (Lipinski definition) is 7. The maximum absolute atomic E-state index is 11.8. The van der Waals surface area contributed by atoms with Crippen LogP contribution in [0, 0.1) is 10.1 Å². The van der Waals surface area contributed by atoms with Crippen LogP contribution < -0.4 is 10.2 Å². The van der Waals surface area contributed by atoms with Crippen molar-refractivity contribution in [2.24, 2.45) is 0 Å². The molecule has 0 amide bonds. The van der Waals surface area contributed by atoms with Crippen LogP contribution >= 0.6 is 0 Å². The Morgan fingerprint density at radius 1 is 1.04 bits per heavy atom. The summed E-state index contributed by atoms with van der Waals surface area (Å²) in [4.78, 5) is 25.7. The molecule has 0 spiro atoms. The van der Waals surface area contributed by atoms with Crippen LogP contribution in [0.4, 0.5) is 23.1 Å². The molecule has 0 saturated carbocycles. The van der Waals surface area contributed by atoms with Crippen LogP contribution in [0.3, 0.4) is 0 Å². The third-order valence-corrected chi connectivity index (χ3v) is 4.33. The smallest absolute Gasteiger partial charge is 0.346 e. The molecule has 8 heteroatoms. The van der Waals surface area contributed by atoms with Crippen LogP contribution in [0.25, 0.3) is 0 Å². The highest BCUT2D eigenvalue weighted by molar-refractivity contribution is 5.73. The molecule has 0 fully saturated rings. The van der Waals surface area contributed by atoms with Crippen molar-refractivity contribution in [1.82, 2.24) is 15.0 Å². The van der Waals surface area contributed by atoms with Gasteiger partial charge >= 0.3 is 5.69 Å². The van der Waals surface area contributed by atoms with Gasteiger partial charge in [-0.25, -0.2) is 15.0 Å². The quantitative estimate of drug-likeness (QED) is 0.571. The second kappa shape index (κ2) is 6.75. The number of hydrogen-bond donors (Lipinski definition) is 1. The molecule has 0 aliphatic carbocycles. The Hall–Kier alpha value is -3.55. The maximum Gasteiger partial charge on any atom is 0.353 e. The Morgan fingerprint density at radius 2 is 1.85 bits per heavy atom. The van der Waals surface area contributed by atoms with E-state index in [2.05, 4.69) is 26.3 Å². The summed E-state index contributed by atoms with van der Waals surface area (Å²) in [5.41, 5.74) is 2.29. The standard InChI is InChI=1S/C18H16N6O2/c25-24(26)16-17(22-15-7-3-4-9-19-15)20-12-21-18(16)23-10-8-13-5-1-2-6-14(13)11-23/h1-7,9,12H,8,10-11H2,(H,19,20,21,22). The van der Waals surface area contributed by atoms with Gasteiger partial charge < -0.3 is 10.2 Å². The van der Waals surface area contributed by atoms with E-state index >= 15 is 0 Å². The molecular weight excluding hydrogens is 332 g/mol. The summed E-state index contributed by atoms with van der Waals surface area (Å²) in [5, 5.41) is 14.7. The molecule has 0 unspecified atom stereocenters. The summed E-state index contributed by atoms with van der Waals surface area (Å²) in [6.07, 6.45) is 3.77. The van der Waals surface area contributed by atoms with Crippen molar-refractivity contribution in [3.63, 3.8) is 0 Å². The number of nitrogens with one attached hydrogen (secondary N) is 1. The molecule has 0 bridgehead atoms. The lowest BCUT2D eigenvalue weighted by molar-refractivity contribution is -0.383. The molecule has 3 heterocycles. The molecule has 1 aromatic carbocycles. The molecule has 3 aromatic rings. The molecule has 2 aromatic heterocycles. The minimum absolute atomic E-state index is 0.137. The van der Waals surface area contributed by atoms with Crippen LogP contribution in [-0.2, 0) is 13.0 Å². The Kier molecular flexibility index (Phi) is 4.14. The molecule has 0 radical (unpaired) electrons. The first-order valence-electron chi connectivity index (χ1n) is 8.21. The van der Waals surface area contributed by atoms with Gasteiger partial charge in [-0.3, -0.25) is 10.1 Å². The van der Waals surface area contributed by atoms with Gasteiger partial charge in [-0.15, -0.1) is 0 Å². The van der Waals surface area contributed by atoms with Gasteiger partial charge in [-0.05, 0) is 29.7 Å². The number of nitrogens with zero attached hydrogens (tertiary/aromatic N) is 5. The van der Waals surface area contributed by atoms with E-state index in [0.29, 0.717) is 24.7 Å². The first-order valence-corrected chi connectivity index (χ1v) is 8.21. The molecule has 8 nitrogen and oxygen atoms in total. The Balaban J connectivity index is 1.71. The summed E-state index contributed by atoms with van der Waals surface area (Å²) in [5.74, 6) is 0.944. The molecule has 26 heavy (non-hydrogen) atoms. The van der Waals surface area contributed by atoms with Crippen LogP contribution in [0.1, 0.15) is 11.1 Å². The monoisotopic (exact) mass is 348 g/mol. The van der Waals surface area contributed by atoms with Crippen LogP contribution in [0.2, 0.25) is 0 Å². The molecule has 0 saturated heterocycles. The van der Waals surface area contributed by atoms with E-state index in [0.717, 1.165) is 12.0 Å². The van der Waals surface area contributed by atoms with Gasteiger partial charge in [0.25, 0.3) is 0 Å². The Morgan fingerprint density at radius 3 is 2.62 bits per heavy atom. The first kappa shape index (κ1) is 15.9. The van der Waals surface area contributed by atoms with E-state index in [1.54, 1.807) is 24.4 Å². The topological polar surface area (TPSA) is 97.1 Å². The SMILES string of the molecule is O=[N+]([O-])c1c(Nc2ccccn2)ncnc1N1CCc2ccccc2C1. The number of benzene rings is 1. The van der Waals surface area contributed by atoms with Crippen molar-refractivity contribution >= 4 is 23.1 Å². The molecule has 130 valence electrons. The van der Waals surface area contributed by atoms with Crippen molar-refractivity contribution in [2.45, 2.75) is 13.0 Å². The van der Waals surface area contributed by atoms with Gasteiger partial charge in [0.15, 0.2) is 0 Å². The summed E-state index contributed by atoms with van der Waals surface area (Å²) < 4.78 is 0. The third-order valence-electron chi connectivity index (χ3n) is 4.33. The highest BCUT2D eigenvalue weighted by Gasteiger charge is 2.29. The van der Waals surface area contributed by atoms with Gasteiger partial charge in [-0.1, -0.05) is 30.3 Å². The zero-order chi connectivity index (χ0) is 17.9. The average Bonchev–Trinajstić information content (AvgIpc) is 2.68. The predicted octanol–water partition coefficient (Wildman–Crippen LogP) is 3.09. The van der Waals surface area contributed by atoms with Crippen molar-refractivity contribution in [2.75, 3.05) is 16.8 Å². The van der Waals surface area contributed by atoms with E-state index in [4.69, 9.17) is 0 Å². The van der Waals surface area contributed by atoms with Gasteiger partial charge in [0, 0.05) is 19.3 Å². The highest BCUT2D eigenvalue weighted by atomic mass is 16.6. The Bertz CT molecular complexity index is 947. The second-order valence-electron chi connectivity index (χ2n) is 5.93. The highest BCUT2D eigenvalue weighted by Crippen LogP contribution is 2.35. The van der Waals surface area contributed by atoms with Crippen molar-refractivity contribution in [1.29, 1.82) is 0 Å². The lowest BCUT2D eigenvalue weighted by atomic mass is 10.00. The molecule has 1 aliphatic rings. The number of aromatic nitrogens is 3. The zero-order valence-corrected chi connectivity index (χ0v) is 13.9. The summed E-state index contributed by atoms with van der Waals surface area (Å²) in [7, 11) is 0. The summed E-state index contributed by atoms with van der Waals surface area (Å²) in [6.45, 7) is 1.24. The first-order chi connectivity index (χ1) is 12.7. The van der Waals surface area contributed by atoms with Crippen molar-refractivity contribution < 1.29 is 4.92 Å². The van der Waals surface area contributed by atoms with E-state index < -0.39 is 4.92 Å². The Labute approximate surface area is 149 Å². The van der Waals surface area contributed by atoms with Crippen LogP contribution in [0.15, 0.2) is 55.0 Å².